The SMILES string of the molecule is CCNc1nc(C)c(C)nc1-c1ccc(F)cc1. The van der Waals surface area contributed by atoms with Gasteiger partial charge in [-0.05, 0) is 45.0 Å². The maximum absolute atomic E-state index is 12.9. The Balaban J connectivity index is 2.54. The predicted octanol–water partition coefficient (Wildman–Crippen LogP) is 3.33. The number of anilines is 1. The molecule has 0 radical (unpaired) electrons. The number of nitrogens with one attached hydrogen (secondary N) is 1. The van der Waals surface area contributed by atoms with Crippen LogP contribution in [-0.2, 0) is 0 Å². The maximum atomic E-state index is 12.9. The third-order valence-electron chi connectivity index (χ3n) is 2.77. The van der Waals surface area contributed by atoms with E-state index in [-0.39, 0.29) is 5.82 Å². The lowest BCUT2D eigenvalue weighted by Crippen LogP contribution is -2.06. The summed E-state index contributed by atoms with van der Waals surface area (Å²) in [5, 5.41) is 3.19. The van der Waals surface area contributed by atoms with Crippen LogP contribution in [0.25, 0.3) is 11.3 Å². The van der Waals surface area contributed by atoms with E-state index in [0.717, 1.165) is 35.0 Å². The lowest BCUT2D eigenvalue weighted by atomic mass is 10.1. The Labute approximate surface area is 106 Å². The molecule has 1 aromatic carbocycles. The molecule has 0 aliphatic heterocycles. The molecule has 0 aliphatic rings. The first-order valence-corrected chi connectivity index (χ1v) is 5.97. The fourth-order valence-electron chi connectivity index (χ4n) is 1.70. The summed E-state index contributed by atoms with van der Waals surface area (Å²) in [6.45, 7) is 6.62. The van der Waals surface area contributed by atoms with E-state index in [4.69, 9.17) is 0 Å². The molecule has 0 amide bonds. The fraction of sp³-hybridized carbons (Fsp3) is 0.286. The van der Waals surface area contributed by atoms with Crippen molar-refractivity contribution in [3.63, 3.8) is 0 Å². The van der Waals surface area contributed by atoms with E-state index < -0.39 is 0 Å². The highest BCUT2D eigenvalue weighted by Crippen LogP contribution is 2.25. The summed E-state index contributed by atoms with van der Waals surface area (Å²) in [5.74, 6) is 0.493. The predicted molar refractivity (Wildman–Crippen MR) is 71.1 cm³/mol. The zero-order chi connectivity index (χ0) is 13.1. The van der Waals surface area contributed by atoms with Gasteiger partial charge in [0.2, 0.25) is 0 Å². The van der Waals surface area contributed by atoms with Crippen LogP contribution in [0, 0.1) is 19.7 Å². The van der Waals surface area contributed by atoms with Gasteiger partial charge >= 0.3 is 0 Å². The summed E-state index contributed by atoms with van der Waals surface area (Å²) >= 11 is 0. The lowest BCUT2D eigenvalue weighted by Gasteiger charge is -2.11. The first kappa shape index (κ1) is 12.5. The fourth-order valence-corrected chi connectivity index (χ4v) is 1.70. The first-order valence-electron chi connectivity index (χ1n) is 5.97. The molecule has 0 saturated carbocycles. The van der Waals surface area contributed by atoms with E-state index in [2.05, 4.69) is 15.3 Å². The normalized spacial score (nSPS) is 10.4. The average Bonchev–Trinajstić information content (AvgIpc) is 2.35. The summed E-state index contributed by atoms with van der Waals surface area (Å²) in [7, 11) is 0. The molecule has 0 saturated heterocycles. The molecule has 0 aliphatic carbocycles. The van der Waals surface area contributed by atoms with Crippen LogP contribution < -0.4 is 5.32 Å². The molecule has 2 aromatic rings. The molecule has 0 unspecified atom stereocenters. The Hall–Kier alpha value is -1.97. The van der Waals surface area contributed by atoms with Gasteiger partial charge in [0.1, 0.15) is 11.5 Å². The van der Waals surface area contributed by atoms with E-state index >= 15 is 0 Å². The zero-order valence-corrected chi connectivity index (χ0v) is 10.8. The number of aromatic nitrogens is 2. The number of benzene rings is 1. The van der Waals surface area contributed by atoms with Gasteiger partial charge < -0.3 is 5.32 Å². The maximum Gasteiger partial charge on any atom is 0.152 e. The standard InChI is InChI=1S/C14H16FN3/c1-4-16-14-13(17-9(2)10(3)18-14)11-5-7-12(15)8-6-11/h5-8H,4H2,1-3H3,(H,16,18). The minimum atomic E-state index is -0.249. The summed E-state index contributed by atoms with van der Waals surface area (Å²) in [5.41, 5.74) is 3.41. The van der Waals surface area contributed by atoms with E-state index in [1.807, 2.05) is 20.8 Å². The van der Waals surface area contributed by atoms with Gasteiger partial charge in [0.15, 0.2) is 5.82 Å². The van der Waals surface area contributed by atoms with Gasteiger partial charge in [0.05, 0.1) is 11.4 Å². The Morgan fingerprint density at radius 1 is 1.06 bits per heavy atom. The Bertz CT molecular complexity index is 550. The number of aryl methyl sites for hydroxylation is 2. The van der Waals surface area contributed by atoms with Crippen molar-refractivity contribution >= 4 is 5.82 Å². The largest absolute Gasteiger partial charge is 0.369 e. The number of hydrogen-bond donors (Lipinski definition) is 1. The second-order valence-corrected chi connectivity index (χ2v) is 4.13. The Kier molecular flexibility index (Phi) is 3.55. The highest BCUT2D eigenvalue weighted by molar-refractivity contribution is 5.71. The monoisotopic (exact) mass is 245 g/mol. The number of hydrogen-bond acceptors (Lipinski definition) is 3. The van der Waals surface area contributed by atoms with Crippen molar-refractivity contribution in [3.8, 4) is 11.3 Å². The smallest absolute Gasteiger partial charge is 0.152 e. The molecular formula is C14H16FN3. The second kappa shape index (κ2) is 5.12. The van der Waals surface area contributed by atoms with Crippen LogP contribution in [0.5, 0.6) is 0 Å². The minimum absolute atomic E-state index is 0.249. The summed E-state index contributed by atoms with van der Waals surface area (Å²) in [4.78, 5) is 9.04. The minimum Gasteiger partial charge on any atom is -0.369 e. The highest BCUT2D eigenvalue weighted by atomic mass is 19.1. The van der Waals surface area contributed by atoms with Gasteiger partial charge in [-0.25, -0.2) is 14.4 Å². The van der Waals surface area contributed by atoms with Gasteiger partial charge in [0.25, 0.3) is 0 Å². The molecule has 0 spiro atoms. The quantitative estimate of drug-likeness (QED) is 0.901. The van der Waals surface area contributed by atoms with Crippen molar-refractivity contribution in [2.75, 3.05) is 11.9 Å². The van der Waals surface area contributed by atoms with Gasteiger partial charge in [-0.15, -0.1) is 0 Å². The molecule has 3 nitrogen and oxygen atoms in total. The van der Waals surface area contributed by atoms with Crippen molar-refractivity contribution in [3.05, 3.63) is 41.5 Å². The summed E-state index contributed by atoms with van der Waals surface area (Å²) < 4.78 is 12.9. The lowest BCUT2D eigenvalue weighted by molar-refractivity contribution is 0.628. The van der Waals surface area contributed by atoms with E-state index in [0.29, 0.717) is 0 Å². The molecule has 4 heteroatoms. The third kappa shape index (κ3) is 2.47. The van der Waals surface area contributed by atoms with Gasteiger partial charge in [-0.2, -0.15) is 0 Å². The van der Waals surface area contributed by atoms with Gasteiger partial charge in [-0.3, -0.25) is 0 Å². The van der Waals surface area contributed by atoms with Crippen molar-refractivity contribution in [2.45, 2.75) is 20.8 Å². The van der Waals surface area contributed by atoms with Crippen LogP contribution >= 0.6 is 0 Å². The van der Waals surface area contributed by atoms with Crippen LogP contribution in [0.2, 0.25) is 0 Å². The third-order valence-corrected chi connectivity index (χ3v) is 2.77. The van der Waals surface area contributed by atoms with E-state index in [9.17, 15) is 4.39 Å². The topological polar surface area (TPSA) is 37.8 Å². The molecule has 2 rings (SSSR count). The molecule has 0 fully saturated rings. The van der Waals surface area contributed by atoms with Crippen molar-refractivity contribution < 1.29 is 4.39 Å². The molecular weight excluding hydrogens is 229 g/mol. The van der Waals surface area contributed by atoms with Crippen molar-refractivity contribution in [1.29, 1.82) is 0 Å². The Morgan fingerprint density at radius 3 is 2.28 bits per heavy atom. The van der Waals surface area contributed by atoms with Crippen molar-refractivity contribution in [1.82, 2.24) is 9.97 Å². The first-order chi connectivity index (χ1) is 8.61. The number of nitrogens with zero attached hydrogens (tertiary/aromatic N) is 2. The second-order valence-electron chi connectivity index (χ2n) is 4.13. The molecule has 0 bridgehead atoms. The van der Waals surface area contributed by atoms with E-state index in [1.54, 1.807) is 12.1 Å². The summed E-state index contributed by atoms with van der Waals surface area (Å²) in [6.07, 6.45) is 0. The summed E-state index contributed by atoms with van der Waals surface area (Å²) in [6, 6.07) is 6.30. The van der Waals surface area contributed by atoms with Crippen molar-refractivity contribution in [2.24, 2.45) is 0 Å². The van der Waals surface area contributed by atoms with Crippen LogP contribution in [0.3, 0.4) is 0 Å². The zero-order valence-electron chi connectivity index (χ0n) is 10.8. The highest BCUT2D eigenvalue weighted by Gasteiger charge is 2.10. The van der Waals surface area contributed by atoms with Crippen LogP contribution in [0.4, 0.5) is 10.2 Å². The van der Waals surface area contributed by atoms with Gasteiger partial charge in [0, 0.05) is 12.1 Å². The molecule has 1 heterocycles. The van der Waals surface area contributed by atoms with E-state index in [1.165, 1.54) is 12.1 Å². The van der Waals surface area contributed by atoms with Crippen LogP contribution in [0.15, 0.2) is 24.3 Å². The molecule has 0 atom stereocenters. The van der Waals surface area contributed by atoms with Gasteiger partial charge in [-0.1, -0.05) is 0 Å². The number of halogens is 1. The number of rotatable bonds is 3. The Morgan fingerprint density at radius 2 is 1.67 bits per heavy atom. The average molecular weight is 245 g/mol. The molecule has 18 heavy (non-hydrogen) atoms. The molecule has 1 aromatic heterocycles. The van der Waals surface area contributed by atoms with Crippen LogP contribution in [-0.4, -0.2) is 16.5 Å². The molecule has 94 valence electrons. The molecule has 1 N–H and O–H groups in total. The van der Waals surface area contributed by atoms with Crippen LogP contribution in [0.1, 0.15) is 18.3 Å².